The SMILES string of the molecule is O=C(c1nccn1CC1CCCCC1)C(Cl)(Cl)Cl. The number of aromatic nitrogens is 2. The third-order valence-corrected chi connectivity index (χ3v) is 3.87. The van der Waals surface area contributed by atoms with E-state index in [1.807, 2.05) is 0 Å². The summed E-state index contributed by atoms with van der Waals surface area (Å²) in [4.78, 5) is 15.9. The second kappa shape index (κ2) is 5.81. The van der Waals surface area contributed by atoms with Gasteiger partial charge in [-0.05, 0) is 18.8 Å². The van der Waals surface area contributed by atoms with Gasteiger partial charge in [0.05, 0.1) is 0 Å². The number of Topliss-reactive ketones (excluding diaryl/α,β-unsaturated/α-hetero) is 1. The number of hydrogen-bond acceptors (Lipinski definition) is 2. The maximum Gasteiger partial charge on any atom is 0.256 e. The molecule has 0 unspecified atom stereocenters. The Morgan fingerprint density at radius 3 is 2.61 bits per heavy atom. The molecule has 1 saturated carbocycles. The molecule has 2 rings (SSSR count). The molecule has 1 fully saturated rings. The van der Waals surface area contributed by atoms with Gasteiger partial charge in [0, 0.05) is 18.9 Å². The van der Waals surface area contributed by atoms with Crippen LogP contribution in [0.4, 0.5) is 0 Å². The highest BCUT2D eigenvalue weighted by Crippen LogP contribution is 2.31. The van der Waals surface area contributed by atoms with Gasteiger partial charge in [-0.1, -0.05) is 54.1 Å². The van der Waals surface area contributed by atoms with Gasteiger partial charge in [-0.25, -0.2) is 4.98 Å². The summed E-state index contributed by atoms with van der Waals surface area (Å²) in [6, 6.07) is 0. The molecule has 0 spiro atoms. The first-order valence-electron chi connectivity index (χ1n) is 6.11. The topological polar surface area (TPSA) is 34.9 Å². The van der Waals surface area contributed by atoms with Crippen LogP contribution >= 0.6 is 34.8 Å². The first kappa shape index (κ1) is 14.2. The minimum absolute atomic E-state index is 0.237. The van der Waals surface area contributed by atoms with Crippen LogP contribution in [0.15, 0.2) is 12.4 Å². The zero-order chi connectivity index (χ0) is 13.2. The first-order chi connectivity index (χ1) is 8.48. The van der Waals surface area contributed by atoms with Crippen LogP contribution in [-0.4, -0.2) is 19.1 Å². The van der Waals surface area contributed by atoms with Crippen molar-refractivity contribution in [3.8, 4) is 0 Å². The van der Waals surface area contributed by atoms with Gasteiger partial charge < -0.3 is 4.57 Å². The second-order valence-electron chi connectivity index (χ2n) is 4.73. The number of ketones is 1. The van der Waals surface area contributed by atoms with Crippen LogP contribution in [0.2, 0.25) is 0 Å². The lowest BCUT2D eigenvalue weighted by Gasteiger charge is -2.22. The van der Waals surface area contributed by atoms with E-state index >= 15 is 0 Å². The molecule has 18 heavy (non-hydrogen) atoms. The van der Waals surface area contributed by atoms with Crippen molar-refractivity contribution in [2.24, 2.45) is 5.92 Å². The van der Waals surface area contributed by atoms with Crippen molar-refractivity contribution in [3.63, 3.8) is 0 Å². The van der Waals surface area contributed by atoms with Crippen molar-refractivity contribution in [3.05, 3.63) is 18.2 Å². The average Bonchev–Trinajstić information content (AvgIpc) is 2.76. The molecule has 3 nitrogen and oxygen atoms in total. The van der Waals surface area contributed by atoms with Crippen molar-refractivity contribution in [1.29, 1.82) is 0 Å². The molecule has 0 N–H and O–H groups in total. The molecule has 0 amide bonds. The van der Waals surface area contributed by atoms with E-state index < -0.39 is 9.58 Å². The molecule has 1 aliphatic rings. The Hall–Kier alpha value is -0.250. The molecule has 0 atom stereocenters. The summed E-state index contributed by atoms with van der Waals surface area (Å²) in [5, 5.41) is 0. The number of rotatable bonds is 3. The van der Waals surface area contributed by atoms with E-state index in [-0.39, 0.29) is 5.82 Å². The van der Waals surface area contributed by atoms with Gasteiger partial charge in [0.2, 0.25) is 5.78 Å². The molecule has 1 aliphatic carbocycles. The Morgan fingerprint density at radius 1 is 1.33 bits per heavy atom. The maximum absolute atomic E-state index is 11.9. The number of imidazole rings is 1. The van der Waals surface area contributed by atoms with Gasteiger partial charge in [-0.2, -0.15) is 0 Å². The third-order valence-electron chi connectivity index (χ3n) is 3.36. The van der Waals surface area contributed by atoms with E-state index in [2.05, 4.69) is 4.98 Å². The molecule has 0 aliphatic heterocycles. The van der Waals surface area contributed by atoms with Crippen LogP contribution in [-0.2, 0) is 6.54 Å². The summed E-state index contributed by atoms with van der Waals surface area (Å²) >= 11 is 16.9. The van der Waals surface area contributed by atoms with Gasteiger partial charge in [0.1, 0.15) is 0 Å². The molecule has 0 aromatic carbocycles. The average molecular weight is 310 g/mol. The predicted octanol–water partition coefficient (Wildman–Crippen LogP) is 4.02. The Bertz CT molecular complexity index is 419. The van der Waals surface area contributed by atoms with Crippen molar-refractivity contribution < 1.29 is 4.79 Å². The quantitative estimate of drug-likeness (QED) is 0.624. The van der Waals surface area contributed by atoms with E-state index in [4.69, 9.17) is 34.8 Å². The van der Waals surface area contributed by atoms with E-state index in [1.54, 1.807) is 17.0 Å². The number of alkyl halides is 3. The van der Waals surface area contributed by atoms with Crippen LogP contribution < -0.4 is 0 Å². The lowest BCUT2D eigenvalue weighted by Crippen LogP contribution is -2.25. The maximum atomic E-state index is 11.9. The fourth-order valence-electron chi connectivity index (χ4n) is 2.44. The summed E-state index contributed by atoms with van der Waals surface area (Å²) in [6.07, 6.45) is 9.56. The van der Waals surface area contributed by atoms with Gasteiger partial charge in [-0.15, -0.1) is 0 Å². The first-order valence-corrected chi connectivity index (χ1v) is 7.24. The molecule has 1 aromatic rings. The lowest BCUT2D eigenvalue weighted by molar-refractivity contribution is 0.0980. The number of halogens is 3. The number of carbonyl (C=O) groups is 1. The molecular formula is C12H15Cl3N2O. The minimum atomic E-state index is -1.93. The van der Waals surface area contributed by atoms with Crippen LogP contribution in [0, 0.1) is 5.92 Å². The zero-order valence-electron chi connectivity index (χ0n) is 9.91. The summed E-state index contributed by atoms with van der Waals surface area (Å²) in [5.41, 5.74) is 0. The van der Waals surface area contributed by atoms with Gasteiger partial charge in [-0.3, -0.25) is 4.79 Å². The smallest absolute Gasteiger partial charge is 0.256 e. The minimum Gasteiger partial charge on any atom is -0.328 e. The fraction of sp³-hybridized carbons (Fsp3) is 0.667. The van der Waals surface area contributed by atoms with Crippen LogP contribution in [0.1, 0.15) is 42.7 Å². The summed E-state index contributed by atoms with van der Waals surface area (Å²) < 4.78 is -0.129. The normalized spacial score (nSPS) is 17.9. The number of hydrogen-bond donors (Lipinski definition) is 0. The van der Waals surface area contributed by atoms with Gasteiger partial charge in [0.25, 0.3) is 3.79 Å². The van der Waals surface area contributed by atoms with Crippen LogP contribution in [0.25, 0.3) is 0 Å². The monoisotopic (exact) mass is 308 g/mol. The second-order valence-corrected chi connectivity index (χ2v) is 7.02. The van der Waals surface area contributed by atoms with Crippen molar-refractivity contribution >= 4 is 40.6 Å². The van der Waals surface area contributed by atoms with Crippen molar-refractivity contribution in [2.45, 2.75) is 42.4 Å². The fourth-order valence-corrected chi connectivity index (χ4v) is 2.69. The molecular weight excluding hydrogens is 295 g/mol. The molecule has 1 aromatic heterocycles. The van der Waals surface area contributed by atoms with Crippen LogP contribution in [0.3, 0.4) is 0 Å². The number of carbonyl (C=O) groups excluding carboxylic acids is 1. The molecule has 0 saturated heterocycles. The van der Waals surface area contributed by atoms with Crippen LogP contribution in [0.5, 0.6) is 0 Å². The molecule has 0 bridgehead atoms. The highest BCUT2D eigenvalue weighted by atomic mass is 35.6. The van der Waals surface area contributed by atoms with Crippen molar-refractivity contribution in [2.75, 3.05) is 0 Å². The molecule has 0 radical (unpaired) electrons. The summed E-state index contributed by atoms with van der Waals surface area (Å²) in [6.45, 7) is 0.780. The summed E-state index contributed by atoms with van der Waals surface area (Å²) in [7, 11) is 0. The predicted molar refractivity (Wildman–Crippen MR) is 73.4 cm³/mol. The largest absolute Gasteiger partial charge is 0.328 e. The van der Waals surface area contributed by atoms with Crippen molar-refractivity contribution in [1.82, 2.24) is 9.55 Å². The number of nitrogens with zero attached hydrogens (tertiary/aromatic N) is 2. The van der Waals surface area contributed by atoms with Gasteiger partial charge in [0.15, 0.2) is 5.82 Å². The van der Waals surface area contributed by atoms with E-state index in [0.29, 0.717) is 5.92 Å². The Morgan fingerprint density at radius 2 is 2.00 bits per heavy atom. The third kappa shape index (κ3) is 3.40. The Labute approximate surface area is 121 Å². The molecule has 6 heteroatoms. The van der Waals surface area contributed by atoms with E-state index in [9.17, 15) is 4.79 Å². The Kier molecular flexibility index (Phi) is 4.57. The van der Waals surface area contributed by atoms with Gasteiger partial charge >= 0.3 is 0 Å². The van der Waals surface area contributed by atoms with E-state index in [1.165, 1.54) is 32.1 Å². The highest BCUT2D eigenvalue weighted by Gasteiger charge is 2.35. The highest BCUT2D eigenvalue weighted by molar-refractivity contribution is 6.77. The lowest BCUT2D eigenvalue weighted by atomic mass is 9.89. The zero-order valence-corrected chi connectivity index (χ0v) is 12.2. The summed E-state index contributed by atoms with van der Waals surface area (Å²) in [5.74, 6) is 0.267. The Balaban J connectivity index is 2.10. The molecule has 100 valence electrons. The standard InChI is InChI=1S/C12H15Cl3N2O/c13-12(14,15)10(18)11-16-6-7-17(11)8-9-4-2-1-3-5-9/h6-7,9H,1-5,8H2. The molecule has 1 heterocycles. The van der Waals surface area contributed by atoms with E-state index in [0.717, 1.165) is 6.54 Å².